The molecule has 6 heteroatoms. The van der Waals surface area contributed by atoms with E-state index in [2.05, 4.69) is 9.72 Å². The molecular formula is C11H12LiNO4. The van der Waals surface area contributed by atoms with Crippen LogP contribution in [-0.4, -0.2) is 28.4 Å². The van der Waals surface area contributed by atoms with E-state index in [4.69, 9.17) is 0 Å². The molecule has 0 aromatic carbocycles. The van der Waals surface area contributed by atoms with Gasteiger partial charge in [-0.3, -0.25) is 9.78 Å². The summed E-state index contributed by atoms with van der Waals surface area (Å²) in [6, 6.07) is 4.84. The summed E-state index contributed by atoms with van der Waals surface area (Å²) in [6.45, 7) is 1.70. The van der Waals surface area contributed by atoms with Crippen LogP contribution >= 0.6 is 0 Å². The molecule has 0 aliphatic heterocycles. The topological polar surface area (TPSA) is 76.5 Å². The minimum atomic E-state index is -0.995. The van der Waals surface area contributed by atoms with Crippen LogP contribution in [-0.2, 0) is 14.3 Å². The van der Waals surface area contributed by atoms with E-state index in [0.29, 0.717) is 0 Å². The van der Waals surface area contributed by atoms with Crippen molar-refractivity contribution in [2.45, 2.75) is 6.92 Å². The van der Waals surface area contributed by atoms with Crippen LogP contribution in [0.4, 0.5) is 0 Å². The molecule has 0 amide bonds. The van der Waals surface area contributed by atoms with Gasteiger partial charge in [-0.15, -0.1) is 0 Å². The number of aromatic nitrogens is 1. The monoisotopic (exact) mass is 229 g/mol. The van der Waals surface area contributed by atoms with Crippen molar-refractivity contribution in [1.82, 2.24) is 4.98 Å². The molecule has 0 saturated heterocycles. The van der Waals surface area contributed by atoms with Gasteiger partial charge in [-0.2, -0.15) is 0 Å². The van der Waals surface area contributed by atoms with E-state index >= 15 is 0 Å². The fourth-order valence-corrected chi connectivity index (χ4v) is 0.974. The largest absolute Gasteiger partial charge is 1.00 e. The summed E-state index contributed by atoms with van der Waals surface area (Å²) in [5, 5.41) is 9.48. The molecule has 1 heterocycles. The third-order valence-corrected chi connectivity index (χ3v) is 1.67. The molecule has 1 aromatic rings. The summed E-state index contributed by atoms with van der Waals surface area (Å²) < 4.78 is 4.48. The third-order valence-electron chi connectivity index (χ3n) is 1.67. The fourth-order valence-electron chi connectivity index (χ4n) is 0.974. The first-order chi connectivity index (χ1) is 7.65. The molecule has 5 nitrogen and oxygen atoms in total. The van der Waals surface area contributed by atoms with E-state index in [0.717, 1.165) is 6.08 Å². The van der Waals surface area contributed by atoms with Crippen LogP contribution in [0.25, 0.3) is 5.76 Å². The van der Waals surface area contributed by atoms with Gasteiger partial charge in [0.05, 0.1) is 6.61 Å². The first-order valence-corrected chi connectivity index (χ1v) is 4.68. The maximum atomic E-state index is 11.2. The summed E-state index contributed by atoms with van der Waals surface area (Å²) in [6.07, 6.45) is 2.26. The van der Waals surface area contributed by atoms with E-state index in [9.17, 15) is 14.7 Å². The Labute approximate surface area is 112 Å². The maximum Gasteiger partial charge on any atom is 1.00 e. The Hall–Kier alpha value is -1.57. The van der Waals surface area contributed by atoms with E-state index in [1.807, 2.05) is 0 Å². The van der Waals surface area contributed by atoms with Crippen LogP contribution in [0.15, 0.2) is 30.5 Å². The first kappa shape index (κ1) is 15.4. The van der Waals surface area contributed by atoms with Crippen molar-refractivity contribution in [1.29, 1.82) is 0 Å². The van der Waals surface area contributed by atoms with Gasteiger partial charge in [0, 0.05) is 12.3 Å². The van der Waals surface area contributed by atoms with Gasteiger partial charge in [-0.25, -0.2) is 4.79 Å². The van der Waals surface area contributed by atoms with Gasteiger partial charge in [0.25, 0.3) is 5.78 Å². The number of rotatable bonds is 4. The predicted molar refractivity (Wildman–Crippen MR) is 57.6 cm³/mol. The van der Waals surface area contributed by atoms with E-state index in [-0.39, 0.29) is 38.3 Å². The van der Waals surface area contributed by atoms with Crippen molar-refractivity contribution in [2.75, 3.05) is 6.61 Å². The Kier molecular flexibility index (Phi) is 6.95. The molecule has 0 saturated carbocycles. The summed E-state index contributed by atoms with van der Waals surface area (Å²) >= 11 is 0. The smallest absolute Gasteiger partial charge is 1.00 e. The van der Waals surface area contributed by atoms with Crippen molar-refractivity contribution < 1.29 is 39.7 Å². The first-order valence-electron chi connectivity index (χ1n) is 4.68. The zero-order valence-corrected chi connectivity index (χ0v) is 9.71. The number of pyridine rings is 1. The van der Waals surface area contributed by atoms with E-state index < -0.39 is 11.8 Å². The molecule has 1 N–H and O–H groups in total. The van der Waals surface area contributed by atoms with Crippen LogP contribution < -0.4 is 18.9 Å². The third kappa shape index (κ3) is 4.85. The number of carbonyl (C=O) groups is 2. The Balaban J connectivity index is 0. The van der Waals surface area contributed by atoms with E-state index in [1.54, 1.807) is 19.1 Å². The molecule has 0 atom stereocenters. The molecular weight excluding hydrogens is 217 g/mol. The molecule has 0 fully saturated rings. The van der Waals surface area contributed by atoms with Crippen LogP contribution in [0.5, 0.6) is 0 Å². The number of ether oxygens (including phenoxy) is 1. The van der Waals surface area contributed by atoms with Crippen LogP contribution in [0.3, 0.4) is 0 Å². The number of aliphatic hydroxyl groups excluding tert-OH is 1. The number of hydrogen-bond acceptors (Lipinski definition) is 5. The Morgan fingerprint density at radius 3 is 2.76 bits per heavy atom. The minimum absolute atomic E-state index is 0. The van der Waals surface area contributed by atoms with E-state index in [1.165, 1.54) is 12.3 Å². The summed E-state index contributed by atoms with van der Waals surface area (Å²) in [7, 11) is 0. The summed E-state index contributed by atoms with van der Waals surface area (Å²) in [5.41, 5.74) is 0.222. The van der Waals surface area contributed by atoms with Crippen molar-refractivity contribution in [3.8, 4) is 0 Å². The average Bonchev–Trinajstić information content (AvgIpc) is 2.30. The second-order valence-electron chi connectivity index (χ2n) is 2.83. The zero-order chi connectivity index (χ0) is 12.0. The van der Waals surface area contributed by atoms with Crippen molar-refractivity contribution in [3.63, 3.8) is 0 Å². The maximum absolute atomic E-state index is 11.2. The number of esters is 1. The van der Waals surface area contributed by atoms with Gasteiger partial charge in [-0.05, 0) is 19.1 Å². The van der Waals surface area contributed by atoms with Gasteiger partial charge in [0.1, 0.15) is 11.5 Å². The van der Waals surface area contributed by atoms with Crippen LogP contribution in [0.2, 0.25) is 0 Å². The number of aliphatic hydroxyl groups is 1. The van der Waals surface area contributed by atoms with Crippen molar-refractivity contribution >= 4 is 17.5 Å². The average molecular weight is 229 g/mol. The molecule has 0 spiro atoms. The van der Waals surface area contributed by atoms with Gasteiger partial charge in [-0.1, -0.05) is 6.07 Å². The Morgan fingerprint density at radius 1 is 1.53 bits per heavy atom. The molecule has 0 aliphatic rings. The minimum Gasteiger partial charge on any atom is -1.00 e. The van der Waals surface area contributed by atoms with Gasteiger partial charge in [0.15, 0.2) is 0 Å². The fraction of sp³-hybridized carbons (Fsp3) is 0.182. The van der Waals surface area contributed by atoms with Gasteiger partial charge in [0.2, 0.25) is 0 Å². The summed E-state index contributed by atoms with van der Waals surface area (Å²) in [4.78, 5) is 26.0. The molecule has 0 bridgehead atoms. The molecule has 86 valence electrons. The standard InChI is InChI=1S/C11H11NO4.Li.H/c1-2-16-11(15)10(14)7-9(13)8-5-3-4-6-12-8;;/h3-7,13H,2H2,1H3;;/q;+1;-1. The quantitative estimate of drug-likeness (QED) is 0.217. The molecule has 0 aliphatic carbocycles. The van der Waals surface area contributed by atoms with Crippen LogP contribution in [0, 0.1) is 0 Å². The molecule has 0 unspecified atom stereocenters. The van der Waals surface area contributed by atoms with Gasteiger partial charge < -0.3 is 11.3 Å². The summed E-state index contributed by atoms with van der Waals surface area (Å²) in [5.74, 6) is -2.27. The Bertz CT molecular complexity index is 422. The molecule has 17 heavy (non-hydrogen) atoms. The van der Waals surface area contributed by atoms with Crippen molar-refractivity contribution in [3.05, 3.63) is 36.2 Å². The molecule has 1 rings (SSSR count). The SMILES string of the molecule is CCOC(=O)C(=O)C=C(O)c1ccccn1.[H-].[Li+]. The zero-order valence-electron chi connectivity index (χ0n) is 10.7. The van der Waals surface area contributed by atoms with Gasteiger partial charge >= 0.3 is 24.8 Å². The molecule has 0 radical (unpaired) electrons. The number of ketones is 1. The van der Waals surface area contributed by atoms with Crippen molar-refractivity contribution in [2.24, 2.45) is 0 Å². The number of nitrogens with zero attached hydrogens (tertiary/aromatic N) is 1. The predicted octanol–water partition coefficient (Wildman–Crippen LogP) is -1.77. The second-order valence-corrected chi connectivity index (χ2v) is 2.83. The van der Waals surface area contributed by atoms with Crippen LogP contribution in [0.1, 0.15) is 14.0 Å². The number of carbonyl (C=O) groups excluding carboxylic acids is 2. The normalized spacial score (nSPS) is 10.3. The molecule has 1 aromatic heterocycles. The number of hydrogen-bond donors (Lipinski definition) is 1. The Morgan fingerprint density at radius 2 is 2.24 bits per heavy atom. The second kappa shape index (κ2) is 7.66.